The third-order valence-corrected chi connectivity index (χ3v) is 5.60. The van der Waals surface area contributed by atoms with Gasteiger partial charge in [-0.25, -0.2) is 4.79 Å². The summed E-state index contributed by atoms with van der Waals surface area (Å²) in [5, 5.41) is 17.5. The number of carboxylic acid groups (broad SMARTS) is 1. The zero-order valence-electron chi connectivity index (χ0n) is 22.3. The Bertz CT molecular complexity index is 1200. The standard InChI is InChI=1S/C26H34N4O9/c1-36-19-13-20(37-2)16(11-15(19)23(31)28-8-5-7-27)24(32)29-9-6-10-30-25(33)17-12-18(26(34)35)22(39-4)14-21(17)38-3/h11-14H,5-10,27H2,1-4H3,(H,28,31)(H,29,32)(H,30,33)(H,34,35). The number of hydrogen-bond donors (Lipinski definition) is 5. The van der Waals surface area contributed by atoms with E-state index in [0.29, 0.717) is 25.9 Å². The highest BCUT2D eigenvalue weighted by Gasteiger charge is 2.22. The van der Waals surface area contributed by atoms with Crippen molar-refractivity contribution in [2.24, 2.45) is 5.73 Å². The second-order valence-electron chi connectivity index (χ2n) is 8.07. The third kappa shape index (κ3) is 7.98. The van der Waals surface area contributed by atoms with Crippen molar-refractivity contribution < 1.29 is 43.2 Å². The number of amides is 3. The van der Waals surface area contributed by atoms with Gasteiger partial charge < -0.3 is 45.7 Å². The zero-order chi connectivity index (χ0) is 28.9. The second-order valence-corrected chi connectivity index (χ2v) is 8.07. The van der Waals surface area contributed by atoms with Crippen LogP contribution in [0.4, 0.5) is 0 Å². The van der Waals surface area contributed by atoms with Gasteiger partial charge in [0.1, 0.15) is 28.6 Å². The molecule has 0 heterocycles. The van der Waals surface area contributed by atoms with Crippen LogP contribution in [0.3, 0.4) is 0 Å². The second kappa shape index (κ2) is 15.0. The molecule has 0 aliphatic carbocycles. The minimum Gasteiger partial charge on any atom is -0.496 e. The molecule has 0 aliphatic heterocycles. The first-order valence-electron chi connectivity index (χ1n) is 12.0. The monoisotopic (exact) mass is 546 g/mol. The third-order valence-electron chi connectivity index (χ3n) is 5.60. The van der Waals surface area contributed by atoms with Crippen molar-refractivity contribution in [3.63, 3.8) is 0 Å². The molecule has 13 nitrogen and oxygen atoms in total. The molecule has 0 atom stereocenters. The number of nitrogens with two attached hydrogens (primary N) is 1. The van der Waals surface area contributed by atoms with E-state index in [1.54, 1.807) is 0 Å². The van der Waals surface area contributed by atoms with Crippen LogP contribution >= 0.6 is 0 Å². The molecule has 39 heavy (non-hydrogen) atoms. The van der Waals surface area contributed by atoms with Gasteiger partial charge in [-0.05, 0) is 31.5 Å². The minimum absolute atomic E-state index is 0.0278. The highest BCUT2D eigenvalue weighted by molar-refractivity contribution is 6.03. The Morgan fingerprint density at radius 2 is 0.949 bits per heavy atom. The maximum absolute atomic E-state index is 12.9. The zero-order valence-corrected chi connectivity index (χ0v) is 22.3. The average molecular weight is 547 g/mol. The molecule has 0 fully saturated rings. The SMILES string of the molecule is COc1cc(OC)c(C(=O)NCCCNC(=O)c2cc(C(=O)NCCCN)c(OC)cc2OC)cc1C(=O)O. The summed E-state index contributed by atoms with van der Waals surface area (Å²) in [5.74, 6) is -2.03. The molecule has 0 bridgehead atoms. The highest BCUT2D eigenvalue weighted by Crippen LogP contribution is 2.30. The topological polar surface area (TPSA) is 188 Å². The van der Waals surface area contributed by atoms with E-state index in [-0.39, 0.29) is 58.3 Å². The molecule has 2 aromatic rings. The van der Waals surface area contributed by atoms with Crippen LogP contribution in [0.1, 0.15) is 54.3 Å². The molecule has 3 amide bonds. The lowest BCUT2D eigenvalue weighted by molar-refractivity contribution is 0.0692. The van der Waals surface area contributed by atoms with Crippen LogP contribution in [0.25, 0.3) is 0 Å². The minimum atomic E-state index is -1.25. The van der Waals surface area contributed by atoms with Gasteiger partial charge in [0.25, 0.3) is 17.7 Å². The van der Waals surface area contributed by atoms with Gasteiger partial charge in [-0.2, -0.15) is 0 Å². The summed E-state index contributed by atoms with van der Waals surface area (Å²) in [4.78, 5) is 49.6. The lowest BCUT2D eigenvalue weighted by Crippen LogP contribution is -2.31. The first-order valence-corrected chi connectivity index (χ1v) is 12.0. The molecule has 13 heteroatoms. The van der Waals surface area contributed by atoms with Gasteiger partial charge in [-0.15, -0.1) is 0 Å². The van der Waals surface area contributed by atoms with Crippen molar-refractivity contribution in [1.29, 1.82) is 0 Å². The number of carbonyl (C=O) groups is 4. The lowest BCUT2D eigenvalue weighted by Gasteiger charge is -2.15. The Morgan fingerprint density at radius 3 is 1.28 bits per heavy atom. The Kier molecular flexibility index (Phi) is 11.8. The molecule has 0 aromatic heterocycles. The molecule has 6 N–H and O–H groups in total. The van der Waals surface area contributed by atoms with Crippen molar-refractivity contribution >= 4 is 23.7 Å². The van der Waals surface area contributed by atoms with E-state index in [4.69, 9.17) is 24.7 Å². The van der Waals surface area contributed by atoms with Crippen LogP contribution in [0.2, 0.25) is 0 Å². The largest absolute Gasteiger partial charge is 0.496 e. The fourth-order valence-corrected chi connectivity index (χ4v) is 3.58. The van der Waals surface area contributed by atoms with Crippen LogP contribution in [-0.4, -0.2) is 83.4 Å². The number of benzene rings is 2. The fourth-order valence-electron chi connectivity index (χ4n) is 3.58. The molecule has 0 saturated carbocycles. The molecule has 2 rings (SSSR count). The van der Waals surface area contributed by atoms with E-state index in [1.165, 1.54) is 52.7 Å². The van der Waals surface area contributed by atoms with Crippen LogP contribution in [0.5, 0.6) is 23.0 Å². The summed E-state index contributed by atoms with van der Waals surface area (Å²) in [6.45, 7) is 1.15. The first kappa shape index (κ1) is 30.7. The van der Waals surface area contributed by atoms with Gasteiger partial charge >= 0.3 is 5.97 Å². The molecule has 2 aromatic carbocycles. The van der Waals surface area contributed by atoms with Crippen molar-refractivity contribution in [3.05, 3.63) is 46.5 Å². The van der Waals surface area contributed by atoms with Crippen molar-refractivity contribution in [1.82, 2.24) is 16.0 Å². The summed E-state index contributed by atoms with van der Waals surface area (Å²) < 4.78 is 20.8. The van der Waals surface area contributed by atoms with Crippen molar-refractivity contribution in [2.45, 2.75) is 12.8 Å². The molecule has 212 valence electrons. The molecular formula is C26H34N4O9. The smallest absolute Gasteiger partial charge is 0.339 e. The van der Waals surface area contributed by atoms with E-state index in [9.17, 15) is 24.3 Å². The number of carboxylic acids is 1. The molecule has 0 radical (unpaired) electrons. The lowest BCUT2D eigenvalue weighted by atomic mass is 10.1. The van der Waals surface area contributed by atoms with Gasteiger partial charge in [0.05, 0.1) is 45.1 Å². The number of aromatic carboxylic acids is 1. The Labute approximate surface area is 225 Å². The number of ether oxygens (including phenoxy) is 4. The van der Waals surface area contributed by atoms with Gasteiger partial charge in [-0.1, -0.05) is 0 Å². The van der Waals surface area contributed by atoms with Crippen molar-refractivity contribution in [2.75, 3.05) is 54.6 Å². The van der Waals surface area contributed by atoms with Crippen molar-refractivity contribution in [3.8, 4) is 23.0 Å². The van der Waals surface area contributed by atoms with E-state index < -0.39 is 23.7 Å². The summed E-state index contributed by atoms with van der Waals surface area (Å²) in [5.41, 5.74) is 5.61. The number of methoxy groups -OCH3 is 4. The highest BCUT2D eigenvalue weighted by atomic mass is 16.5. The van der Waals surface area contributed by atoms with E-state index in [0.717, 1.165) is 0 Å². The van der Waals surface area contributed by atoms with Crippen LogP contribution in [-0.2, 0) is 0 Å². The molecule has 0 unspecified atom stereocenters. The predicted octanol–water partition coefficient (Wildman–Crippen LogP) is 1.05. The molecule has 0 aliphatic rings. The number of rotatable bonds is 15. The maximum atomic E-state index is 12.9. The quantitative estimate of drug-likeness (QED) is 0.202. The summed E-state index contributed by atoms with van der Waals surface area (Å²) >= 11 is 0. The number of carbonyl (C=O) groups excluding carboxylic acids is 3. The average Bonchev–Trinajstić information content (AvgIpc) is 2.94. The van der Waals surface area contributed by atoms with E-state index in [1.807, 2.05) is 0 Å². The Morgan fingerprint density at radius 1 is 0.615 bits per heavy atom. The van der Waals surface area contributed by atoms with Gasteiger partial charge in [0, 0.05) is 31.8 Å². The van der Waals surface area contributed by atoms with Crippen LogP contribution < -0.4 is 40.6 Å². The normalized spacial score (nSPS) is 10.3. The molecule has 0 spiro atoms. The molecule has 0 saturated heterocycles. The number of nitrogens with one attached hydrogen (secondary N) is 3. The van der Waals surface area contributed by atoms with E-state index in [2.05, 4.69) is 16.0 Å². The predicted molar refractivity (Wildman–Crippen MR) is 141 cm³/mol. The molecular weight excluding hydrogens is 512 g/mol. The maximum Gasteiger partial charge on any atom is 0.339 e. The van der Waals surface area contributed by atoms with E-state index >= 15 is 0 Å². The van der Waals surface area contributed by atoms with Gasteiger partial charge in [-0.3, -0.25) is 14.4 Å². The Hall–Kier alpha value is -4.52. The summed E-state index contributed by atoms with van der Waals surface area (Å²) in [6.07, 6.45) is 0.951. The van der Waals surface area contributed by atoms with Gasteiger partial charge in [0.2, 0.25) is 0 Å². The summed E-state index contributed by atoms with van der Waals surface area (Å²) in [6, 6.07) is 5.35. The summed E-state index contributed by atoms with van der Waals surface area (Å²) in [7, 11) is 5.47. The first-order chi connectivity index (χ1) is 18.7. The van der Waals surface area contributed by atoms with Crippen LogP contribution in [0.15, 0.2) is 24.3 Å². The Balaban J connectivity index is 2.03. The van der Waals surface area contributed by atoms with Gasteiger partial charge in [0.15, 0.2) is 0 Å². The van der Waals surface area contributed by atoms with Crippen LogP contribution in [0, 0.1) is 0 Å². The number of hydrogen-bond acceptors (Lipinski definition) is 9. The fraction of sp³-hybridized carbons (Fsp3) is 0.385.